The second-order valence-corrected chi connectivity index (χ2v) is 6.15. The number of ketones is 1. The summed E-state index contributed by atoms with van der Waals surface area (Å²) in [5.74, 6) is 1.09. The number of nitrogens with zero attached hydrogens (tertiary/aromatic N) is 2. The van der Waals surface area contributed by atoms with Crippen LogP contribution in [0.15, 0.2) is 34.1 Å². The van der Waals surface area contributed by atoms with E-state index in [4.69, 9.17) is 5.73 Å². The molecule has 136 valence electrons. The molecule has 0 bridgehead atoms. The number of hydrogen-bond acceptors (Lipinski definition) is 7. The van der Waals surface area contributed by atoms with E-state index in [2.05, 4.69) is 25.6 Å². The van der Waals surface area contributed by atoms with Crippen molar-refractivity contribution in [2.75, 3.05) is 19.6 Å². The van der Waals surface area contributed by atoms with Gasteiger partial charge in [-0.05, 0) is 24.6 Å². The molecule has 1 aromatic heterocycles. The van der Waals surface area contributed by atoms with Gasteiger partial charge in [-0.2, -0.15) is 0 Å². The standard InChI is InChI=1S/C18H22N6O2/c1-11(25)14(19)10-16-23-15-5-4-12(9-13(15)17(26)24-16)3-2-6-20-18-21-7-8-22-18/h2-5,9,14H,6-8,10,19H2,1H3,(H2,20,21,22)(H,23,24,26)/b3-2+/t14-/m0/s1. The van der Waals surface area contributed by atoms with E-state index in [0.717, 1.165) is 24.6 Å². The molecule has 0 aliphatic carbocycles. The molecule has 0 fully saturated rings. The number of nitrogens with two attached hydrogens (primary N) is 1. The molecule has 1 aromatic carbocycles. The molecule has 1 atom stereocenters. The van der Waals surface area contributed by atoms with Crippen molar-refractivity contribution in [3.8, 4) is 0 Å². The average molecular weight is 354 g/mol. The van der Waals surface area contributed by atoms with Gasteiger partial charge in [-0.1, -0.05) is 18.2 Å². The highest BCUT2D eigenvalue weighted by Crippen LogP contribution is 2.12. The molecule has 0 saturated heterocycles. The first-order valence-electron chi connectivity index (χ1n) is 8.50. The molecule has 5 N–H and O–H groups in total. The largest absolute Gasteiger partial charge is 0.355 e. The van der Waals surface area contributed by atoms with Crippen LogP contribution in [0.1, 0.15) is 18.3 Å². The fourth-order valence-corrected chi connectivity index (χ4v) is 2.62. The van der Waals surface area contributed by atoms with E-state index in [1.54, 1.807) is 12.1 Å². The fourth-order valence-electron chi connectivity index (χ4n) is 2.62. The van der Waals surface area contributed by atoms with Gasteiger partial charge < -0.3 is 21.4 Å². The van der Waals surface area contributed by atoms with Crippen molar-refractivity contribution in [2.24, 2.45) is 10.7 Å². The maximum absolute atomic E-state index is 12.3. The Kier molecular flexibility index (Phi) is 5.43. The first-order chi connectivity index (χ1) is 12.5. The molecule has 2 heterocycles. The zero-order chi connectivity index (χ0) is 18.5. The normalized spacial score (nSPS) is 15.1. The number of guanidine groups is 1. The van der Waals surface area contributed by atoms with Crippen LogP contribution in [0.25, 0.3) is 17.0 Å². The van der Waals surface area contributed by atoms with Gasteiger partial charge in [-0.25, -0.2) is 4.98 Å². The summed E-state index contributed by atoms with van der Waals surface area (Å²) in [4.78, 5) is 35.0. The summed E-state index contributed by atoms with van der Waals surface area (Å²) in [5, 5.41) is 6.80. The number of H-pyrrole nitrogens is 1. The molecule has 1 aliphatic heterocycles. The average Bonchev–Trinajstić information content (AvgIpc) is 3.12. The second-order valence-electron chi connectivity index (χ2n) is 6.15. The van der Waals surface area contributed by atoms with E-state index in [0.29, 0.717) is 23.3 Å². The summed E-state index contributed by atoms with van der Waals surface area (Å²) in [6.45, 7) is 3.73. The van der Waals surface area contributed by atoms with E-state index in [1.807, 2.05) is 18.2 Å². The van der Waals surface area contributed by atoms with E-state index >= 15 is 0 Å². The number of nitrogens with one attached hydrogen (secondary N) is 3. The second kappa shape index (κ2) is 7.92. The zero-order valence-electron chi connectivity index (χ0n) is 14.6. The molecular weight excluding hydrogens is 332 g/mol. The van der Waals surface area contributed by atoms with Crippen LogP contribution in [0.3, 0.4) is 0 Å². The monoisotopic (exact) mass is 354 g/mol. The smallest absolute Gasteiger partial charge is 0.258 e. The minimum absolute atomic E-state index is 0.138. The summed E-state index contributed by atoms with van der Waals surface area (Å²) in [7, 11) is 0. The number of aliphatic imine (C=N–C) groups is 1. The molecule has 8 heteroatoms. The third-order valence-electron chi connectivity index (χ3n) is 4.09. The molecule has 2 aromatic rings. The Morgan fingerprint density at radius 1 is 1.46 bits per heavy atom. The van der Waals surface area contributed by atoms with Crippen molar-refractivity contribution < 1.29 is 4.79 Å². The van der Waals surface area contributed by atoms with Crippen molar-refractivity contribution in [1.29, 1.82) is 0 Å². The van der Waals surface area contributed by atoms with Gasteiger partial charge in [-0.3, -0.25) is 14.6 Å². The highest BCUT2D eigenvalue weighted by atomic mass is 16.1. The molecule has 8 nitrogen and oxygen atoms in total. The van der Waals surface area contributed by atoms with E-state index in [9.17, 15) is 9.59 Å². The van der Waals surface area contributed by atoms with Crippen molar-refractivity contribution >= 4 is 28.7 Å². The maximum Gasteiger partial charge on any atom is 0.258 e. The summed E-state index contributed by atoms with van der Waals surface area (Å²) in [5.41, 5.74) is 6.99. The van der Waals surface area contributed by atoms with Gasteiger partial charge in [0.25, 0.3) is 5.56 Å². The van der Waals surface area contributed by atoms with Gasteiger partial charge >= 0.3 is 0 Å². The van der Waals surface area contributed by atoms with E-state index in [1.165, 1.54) is 6.92 Å². The van der Waals surface area contributed by atoms with Crippen molar-refractivity contribution in [3.05, 3.63) is 46.0 Å². The number of carbonyl (C=O) groups excluding carboxylic acids is 1. The predicted molar refractivity (Wildman–Crippen MR) is 102 cm³/mol. The Labute approximate surface area is 150 Å². The Morgan fingerprint density at radius 3 is 3.04 bits per heavy atom. The number of hydrogen-bond donors (Lipinski definition) is 4. The van der Waals surface area contributed by atoms with Crippen LogP contribution < -0.4 is 21.9 Å². The fraction of sp³-hybridized carbons (Fsp3) is 0.333. The van der Waals surface area contributed by atoms with Crippen LogP contribution in [0.5, 0.6) is 0 Å². The van der Waals surface area contributed by atoms with Crippen LogP contribution in [0, 0.1) is 0 Å². The number of aromatic nitrogens is 2. The molecule has 1 aliphatic rings. The number of aromatic amines is 1. The molecule has 3 rings (SSSR count). The lowest BCUT2D eigenvalue weighted by atomic mass is 10.1. The Morgan fingerprint density at radius 2 is 2.31 bits per heavy atom. The molecule has 0 amide bonds. The number of Topliss-reactive ketones (excluding diaryl/α,β-unsaturated/α-hetero) is 1. The Bertz CT molecular complexity index is 931. The maximum atomic E-state index is 12.3. The minimum Gasteiger partial charge on any atom is -0.355 e. The van der Waals surface area contributed by atoms with Gasteiger partial charge in [0.15, 0.2) is 5.96 Å². The quantitative estimate of drug-likeness (QED) is 0.576. The lowest BCUT2D eigenvalue weighted by Gasteiger charge is -2.08. The van der Waals surface area contributed by atoms with Crippen LogP contribution in [0.4, 0.5) is 0 Å². The predicted octanol–water partition coefficient (Wildman–Crippen LogP) is -0.0561. The van der Waals surface area contributed by atoms with Crippen molar-refractivity contribution in [3.63, 3.8) is 0 Å². The van der Waals surface area contributed by atoms with Gasteiger partial charge in [0.1, 0.15) is 11.6 Å². The summed E-state index contributed by atoms with van der Waals surface area (Å²) in [6.07, 6.45) is 4.11. The lowest BCUT2D eigenvalue weighted by Crippen LogP contribution is -2.33. The third-order valence-corrected chi connectivity index (χ3v) is 4.09. The number of benzene rings is 1. The first kappa shape index (κ1) is 17.8. The minimum atomic E-state index is -0.663. The third kappa shape index (κ3) is 4.34. The van der Waals surface area contributed by atoms with Crippen LogP contribution >= 0.6 is 0 Å². The lowest BCUT2D eigenvalue weighted by molar-refractivity contribution is -0.118. The van der Waals surface area contributed by atoms with Gasteiger partial charge in [0, 0.05) is 19.5 Å². The van der Waals surface area contributed by atoms with Crippen molar-refractivity contribution in [2.45, 2.75) is 19.4 Å². The highest BCUT2D eigenvalue weighted by Gasteiger charge is 2.12. The van der Waals surface area contributed by atoms with Crippen LogP contribution in [0.2, 0.25) is 0 Å². The summed E-state index contributed by atoms with van der Waals surface area (Å²) >= 11 is 0. The molecule has 0 radical (unpaired) electrons. The van der Waals surface area contributed by atoms with Crippen molar-refractivity contribution in [1.82, 2.24) is 20.6 Å². The van der Waals surface area contributed by atoms with Crippen LogP contribution in [-0.4, -0.2) is 47.4 Å². The van der Waals surface area contributed by atoms with E-state index < -0.39 is 6.04 Å². The van der Waals surface area contributed by atoms with Gasteiger partial charge in [-0.15, -0.1) is 0 Å². The highest BCUT2D eigenvalue weighted by molar-refractivity contribution is 5.83. The summed E-state index contributed by atoms with van der Waals surface area (Å²) < 4.78 is 0. The van der Waals surface area contributed by atoms with E-state index in [-0.39, 0.29) is 17.8 Å². The topological polar surface area (TPSA) is 125 Å². The van der Waals surface area contributed by atoms with Gasteiger partial charge in [0.2, 0.25) is 0 Å². The molecule has 0 spiro atoms. The Balaban J connectivity index is 1.73. The number of rotatable bonds is 6. The summed E-state index contributed by atoms with van der Waals surface area (Å²) in [6, 6.07) is 4.82. The number of fused-ring (bicyclic) bond motifs is 1. The van der Waals surface area contributed by atoms with Gasteiger partial charge in [0.05, 0.1) is 23.5 Å². The first-order valence-corrected chi connectivity index (χ1v) is 8.50. The van der Waals surface area contributed by atoms with Crippen LogP contribution in [-0.2, 0) is 11.2 Å². The molecule has 0 unspecified atom stereocenters. The Hall–Kier alpha value is -3.00. The number of carbonyl (C=O) groups is 1. The molecular formula is C18H22N6O2. The SMILES string of the molecule is CC(=O)[C@@H](N)Cc1nc2ccc(/C=C/CNC3=NCCN3)cc2c(=O)[nH]1. The zero-order valence-corrected chi connectivity index (χ0v) is 14.6. The molecule has 0 saturated carbocycles. The molecule has 26 heavy (non-hydrogen) atoms.